The third-order valence-corrected chi connectivity index (χ3v) is 5.62. The predicted molar refractivity (Wildman–Crippen MR) is 135 cm³/mol. The number of aromatic nitrogens is 2. The van der Waals surface area contributed by atoms with Crippen LogP contribution in [0.1, 0.15) is 0 Å². The first-order valence-corrected chi connectivity index (χ1v) is 11.3. The van der Waals surface area contributed by atoms with E-state index in [9.17, 15) is 4.79 Å². The molecule has 172 valence electrons. The van der Waals surface area contributed by atoms with Crippen LogP contribution in [0.3, 0.4) is 0 Å². The molecule has 0 aliphatic carbocycles. The number of piperazine rings is 1. The first kappa shape index (κ1) is 21.9. The van der Waals surface area contributed by atoms with Crippen LogP contribution in [0, 0.1) is 0 Å². The molecule has 1 fully saturated rings. The molecule has 0 unspecified atom stereocenters. The molecule has 0 bridgehead atoms. The van der Waals surface area contributed by atoms with Gasteiger partial charge in [0.2, 0.25) is 0 Å². The van der Waals surface area contributed by atoms with Gasteiger partial charge >= 0.3 is 6.03 Å². The Kier molecular flexibility index (Phi) is 6.42. The largest absolute Gasteiger partial charge is 0.457 e. The second-order valence-corrected chi connectivity index (χ2v) is 8.27. The summed E-state index contributed by atoms with van der Waals surface area (Å²) in [6.07, 6.45) is 1.82. The van der Waals surface area contributed by atoms with Crippen LogP contribution in [-0.4, -0.2) is 42.2 Å². The van der Waals surface area contributed by atoms with E-state index in [1.165, 1.54) is 0 Å². The van der Waals surface area contributed by atoms with E-state index < -0.39 is 0 Å². The average Bonchev–Trinajstić information content (AvgIpc) is 2.86. The van der Waals surface area contributed by atoms with Crippen molar-refractivity contribution in [2.75, 3.05) is 41.7 Å². The Morgan fingerprint density at radius 3 is 2.50 bits per heavy atom. The number of carbonyl (C=O) groups excluding carboxylic acids is 1. The molecule has 0 radical (unpaired) electrons. The van der Waals surface area contributed by atoms with Crippen LogP contribution >= 0.6 is 11.6 Å². The van der Waals surface area contributed by atoms with Crippen LogP contribution in [0.4, 0.5) is 22.0 Å². The standard InChI is InChI=1S/C25H23ClN6O2/c26-17-4-6-18(7-5-17)29-25(33)30-19-2-1-3-20(14-19)34-21-8-9-22-23(15-21)31-24(16-28-22)32-12-10-27-11-13-32/h1-9,14-16,27H,10-13H2,(H2,29,30,33). The topological polar surface area (TPSA) is 91.4 Å². The maximum absolute atomic E-state index is 12.3. The van der Waals surface area contributed by atoms with Gasteiger partial charge < -0.3 is 25.6 Å². The van der Waals surface area contributed by atoms with Gasteiger partial charge in [0.05, 0.1) is 17.2 Å². The van der Waals surface area contributed by atoms with Crippen molar-refractivity contribution < 1.29 is 9.53 Å². The Bertz CT molecular complexity index is 1310. The number of halogens is 1. The lowest BCUT2D eigenvalue weighted by molar-refractivity contribution is 0.262. The fourth-order valence-corrected chi connectivity index (χ4v) is 3.82. The van der Waals surface area contributed by atoms with Gasteiger partial charge in [-0.2, -0.15) is 0 Å². The summed E-state index contributed by atoms with van der Waals surface area (Å²) in [5, 5.41) is 9.53. The molecule has 9 heteroatoms. The third-order valence-electron chi connectivity index (χ3n) is 5.37. The number of rotatable bonds is 5. The van der Waals surface area contributed by atoms with Crippen molar-refractivity contribution in [1.82, 2.24) is 15.3 Å². The quantitative estimate of drug-likeness (QED) is 0.371. The summed E-state index contributed by atoms with van der Waals surface area (Å²) in [7, 11) is 0. The van der Waals surface area contributed by atoms with Gasteiger partial charge in [0, 0.05) is 54.7 Å². The van der Waals surface area contributed by atoms with E-state index in [2.05, 4.69) is 25.8 Å². The summed E-state index contributed by atoms with van der Waals surface area (Å²) in [5.41, 5.74) is 2.82. The van der Waals surface area contributed by atoms with Gasteiger partial charge in [0.15, 0.2) is 0 Å². The zero-order valence-electron chi connectivity index (χ0n) is 18.3. The molecule has 34 heavy (non-hydrogen) atoms. The van der Waals surface area contributed by atoms with Crippen molar-refractivity contribution in [3.05, 3.63) is 77.9 Å². The second-order valence-electron chi connectivity index (χ2n) is 7.83. The normalized spacial score (nSPS) is 13.5. The lowest BCUT2D eigenvalue weighted by Gasteiger charge is -2.28. The highest BCUT2D eigenvalue weighted by atomic mass is 35.5. The highest BCUT2D eigenvalue weighted by Crippen LogP contribution is 2.27. The maximum atomic E-state index is 12.3. The van der Waals surface area contributed by atoms with Gasteiger partial charge in [-0.3, -0.25) is 4.98 Å². The van der Waals surface area contributed by atoms with Crippen LogP contribution < -0.4 is 25.6 Å². The van der Waals surface area contributed by atoms with Crippen LogP contribution in [0.15, 0.2) is 72.9 Å². The molecule has 1 saturated heterocycles. The fourth-order valence-electron chi connectivity index (χ4n) is 3.69. The number of ether oxygens (including phenoxy) is 1. The minimum absolute atomic E-state index is 0.360. The molecule has 2 amide bonds. The summed E-state index contributed by atoms with van der Waals surface area (Å²) in [4.78, 5) is 23.9. The molecule has 3 aromatic carbocycles. The van der Waals surface area contributed by atoms with Gasteiger partial charge in [-0.05, 0) is 48.5 Å². The Morgan fingerprint density at radius 2 is 1.68 bits per heavy atom. The molecule has 4 aromatic rings. The van der Waals surface area contributed by atoms with E-state index in [4.69, 9.17) is 21.3 Å². The number of nitrogens with zero attached hydrogens (tertiary/aromatic N) is 3. The third kappa shape index (κ3) is 5.36. The molecule has 2 heterocycles. The number of amides is 2. The SMILES string of the molecule is O=C(Nc1ccc(Cl)cc1)Nc1cccc(Oc2ccc3ncc(N4CCNCC4)nc3c2)c1. The Hall–Kier alpha value is -3.88. The van der Waals surface area contributed by atoms with E-state index >= 15 is 0 Å². The fraction of sp³-hybridized carbons (Fsp3) is 0.160. The predicted octanol–water partition coefficient (Wildman–Crippen LogP) is 5.13. The molecule has 1 aromatic heterocycles. The molecular weight excluding hydrogens is 452 g/mol. The van der Waals surface area contributed by atoms with Crippen molar-refractivity contribution in [1.29, 1.82) is 0 Å². The van der Waals surface area contributed by atoms with E-state index in [-0.39, 0.29) is 6.03 Å². The van der Waals surface area contributed by atoms with Crippen molar-refractivity contribution in [3.63, 3.8) is 0 Å². The molecule has 0 spiro atoms. The molecule has 1 aliphatic rings. The van der Waals surface area contributed by atoms with Gasteiger partial charge in [-0.1, -0.05) is 17.7 Å². The van der Waals surface area contributed by atoms with E-state index in [0.29, 0.717) is 27.9 Å². The monoisotopic (exact) mass is 474 g/mol. The first-order valence-electron chi connectivity index (χ1n) is 11.0. The second kappa shape index (κ2) is 9.94. The van der Waals surface area contributed by atoms with Gasteiger partial charge in [-0.25, -0.2) is 9.78 Å². The van der Waals surface area contributed by atoms with E-state index in [1.807, 2.05) is 36.5 Å². The highest BCUT2D eigenvalue weighted by Gasteiger charge is 2.13. The summed E-state index contributed by atoms with van der Waals surface area (Å²) in [6.45, 7) is 3.68. The molecule has 5 rings (SSSR count). The van der Waals surface area contributed by atoms with Crippen molar-refractivity contribution >= 4 is 45.9 Å². The highest BCUT2D eigenvalue weighted by molar-refractivity contribution is 6.30. The van der Waals surface area contributed by atoms with E-state index in [0.717, 1.165) is 43.0 Å². The molecule has 0 atom stereocenters. The van der Waals surface area contributed by atoms with Gasteiger partial charge in [0.25, 0.3) is 0 Å². The lowest BCUT2D eigenvalue weighted by Crippen LogP contribution is -2.43. The molecular formula is C25H23ClN6O2. The Labute approximate surface area is 201 Å². The number of carbonyl (C=O) groups is 1. The number of hydrogen-bond acceptors (Lipinski definition) is 6. The molecule has 8 nitrogen and oxygen atoms in total. The number of hydrogen-bond donors (Lipinski definition) is 3. The van der Waals surface area contributed by atoms with Gasteiger partial charge in [0.1, 0.15) is 17.3 Å². The van der Waals surface area contributed by atoms with Crippen molar-refractivity contribution in [3.8, 4) is 11.5 Å². The zero-order valence-corrected chi connectivity index (χ0v) is 19.0. The minimum Gasteiger partial charge on any atom is -0.457 e. The van der Waals surface area contributed by atoms with E-state index in [1.54, 1.807) is 36.4 Å². The number of benzene rings is 3. The summed E-state index contributed by atoms with van der Waals surface area (Å²) >= 11 is 5.88. The van der Waals surface area contributed by atoms with Crippen molar-refractivity contribution in [2.45, 2.75) is 0 Å². The summed E-state index contributed by atoms with van der Waals surface area (Å²) in [6, 6.07) is 19.4. The first-order chi connectivity index (χ1) is 16.6. The maximum Gasteiger partial charge on any atom is 0.323 e. The van der Waals surface area contributed by atoms with Crippen LogP contribution in [-0.2, 0) is 0 Å². The van der Waals surface area contributed by atoms with Crippen LogP contribution in [0.25, 0.3) is 11.0 Å². The average molecular weight is 475 g/mol. The number of fused-ring (bicyclic) bond motifs is 1. The van der Waals surface area contributed by atoms with Gasteiger partial charge in [-0.15, -0.1) is 0 Å². The zero-order chi connectivity index (χ0) is 23.3. The summed E-state index contributed by atoms with van der Waals surface area (Å²) in [5.74, 6) is 2.10. The lowest BCUT2D eigenvalue weighted by atomic mass is 10.2. The van der Waals surface area contributed by atoms with Crippen LogP contribution in [0.2, 0.25) is 5.02 Å². The number of anilines is 3. The minimum atomic E-state index is -0.360. The summed E-state index contributed by atoms with van der Waals surface area (Å²) < 4.78 is 6.05. The van der Waals surface area contributed by atoms with Crippen molar-refractivity contribution in [2.24, 2.45) is 0 Å². The molecule has 0 saturated carbocycles. The van der Waals surface area contributed by atoms with Crippen LogP contribution in [0.5, 0.6) is 11.5 Å². The smallest absolute Gasteiger partial charge is 0.323 e. The Balaban J connectivity index is 1.28. The molecule has 1 aliphatic heterocycles. The number of urea groups is 1. The Morgan fingerprint density at radius 1 is 0.912 bits per heavy atom. The number of nitrogens with one attached hydrogen (secondary N) is 3. The molecule has 3 N–H and O–H groups in total.